The lowest BCUT2D eigenvalue weighted by Crippen LogP contribution is -2.34. The van der Waals surface area contributed by atoms with Crippen LogP contribution >= 0.6 is 7.14 Å². The Kier molecular flexibility index (Phi) is 8.12. The highest BCUT2D eigenvalue weighted by Gasteiger charge is 2.37. The maximum Gasteiger partial charge on any atom is 0.285 e. The van der Waals surface area contributed by atoms with E-state index in [1.54, 1.807) is 0 Å². The first-order chi connectivity index (χ1) is 12.6. The topological polar surface area (TPSA) is 37.4 Å². The molecule has 0 fully saturated rings. The molecular formula is C22H30NO2P. The number of carbonyl (C=O) groups excluding carboxylic acids is 1. The average Bonchev–Trinajstić information content (AvgIpc) is 2.69. The van der Waals surface area contributed by atoms with Crippen LogP contribution in [0.5, 0.6) is 0 Å². The van der Waals surface area contributed by atoms with Crippen molar-refractivity contribution in [2.45, 2.75) is 45.7 Å². The lowest BCUT2D eigenvalue weighted by atomic mass is 10.2. The van der Waals surface area contributed by atoms with Crippen molar-refractivity contribution in [2.24, 2.45) is 0 Å². The molecule has 1 atom stereocenters. The van der Waals surface area contributed by atoms with Gasteiger partial charge in [-0.3, -0.25) is 4.79 Å². The summed E-state index contributed by atoms with van der Waals surface area (Å²) in [7, 11) is -3.23. The number of nitrogens with zero attached hydrogens (tertiary/aromatic N) is 1. The van der Waals surface area contributed by atoms with E-state index in [2.05, 4.69) is 13.8 Å². The van der Waals surface area contributed by atoms with E-state index in [1.165, 1.54) is 0 Å². The quantitative estimate of drug-likeness (QED) is 0.488. The van der Waals surface area contributed by atoms with Crippen LogP contribution in [0.25, 0.3) is 0 Å². The van der Waals surface area contributed by atoms with Crippen LogP contribution in [0.2, 0.25) is 0 Å². The van der Waals surface area contributed by atoms with Gasteiger partial charge in [0.1, 0.15) is 0 Å². The highest BCUT2D eigenvalue weighted by Crippen LogP contribution is 2.50. The summed E-state index contributed by atoms with van der Waals surface area (Å²) in [6.07, 6.45) is 4.20. The molecule has 0 spiro atoms. The van der Waals surface area contributed by atoms with Crippen LogP contribution in [-0.2, 0) is 10.7 Å². The number of amides is 1. The van der Waals surface area contributed by atoms with E-state index < -0.39 is 7.14 Å². The van der Waals surface area contributed by atoms with E-state index in [0.29, 0.717) is 18.4 Å². The van der Waals surface area contributed by atoms with Gasteiger partial charge in [-0.05, 0) is 18.4 Å². The van der Waals surface area contributed by atoms with Gasteiger partial charge in [0.05, 0.1) is 0 Å². The predicted molar refractivity (Wildman–Crippen MR) is 111 cm³/mol. The second-order valence-electron chi connectivity index (χ2n) is 6.70. The summed E-state index contributed by atoms with van der Waals surface area (Å²) in [6.45, 7) is 5.59. The number of unbranched alkanes of at least 4 members (excludes halogenated alkanes) is 2. The number of hydrogen-bond acceptors (Lipinski definition) is 2. The highest BCUT2D eigenvalue weighted by atomic mass is 31.2. The summed E-state index contributed by atoms with van der Waals surface area (Å²) in [6, 6.07) is 19.0. The first-order valence-corrected chi connectivity index (χ1v) is 11.5. The number of benzene rings is 2. The smallest absolute Gasteiger partial charge is 0.285 e. The Balaban J connectivity index is 2.38. The van der Waals surface area contributed by atoms with E-state index in [4.69, 9.17) is 0 Å². The van der Waals surface area contributed by atoms with Crippen LogP contribution in [0.1, 0.15) is 45.1 Å². The minimum absolute atomic E-state index is 0.186. The summed E-state index contributed by atoms with van der Waals surface area (Å²) in [5.41, 5.74) is 0.758. The second kappa shape index (κ2) is 10.3. The molecule has 0 saturated carbocycles. The molecule has 2 aromatic rings. The fraction of sp³-hybridized carbons (Fsp3) is 0.409. The molecule has 0 aliphatic rings. The Morgan fingerprint density at radius 1 is 0.846 bits per heavy atom. The molecule has 0 aliphatic heterocycles. The van der Waals surface area contributed by atoms with Gasteiger partial charge in [0, 0.05) is 24.6 Å². The van der Waals surface area contributed by atoms with Gasteiger partial charge in [0.15, 0.2) is 0 Å². The van der Waals surface area contributed by atoms with E-state index in [-0.39, 0.29) is 11.8 Å². The molecule has 140 valence electrons. The number of hydrogen-bond donors (Lipinski definition) is 0. The molecule has 26 heavy (non-hydrogen) atoms. The molecule has 0 heterocycles. The fourth-order valence-corrected chi connectivity index (χ4v) is 5.58. The van der Waals surface area contributed by atoms with Crippen molar-refractivity contribution >= 4 is 18.1 Å². The van der Waals surface area contributed by atoms with Gasteiger partial charge in [-0.2, -0.15) is 0 Å². The van der Waals surface area contributed by atoms with Crippen molar-refractivity contribution in [2.75, 3.05) is 13.1 Å². The Labute approximate surface area is 157 Å². The third-order valence-electron chi connectivity index (χ3n) is 4.56. The molecule has 2 rings (SSSR count). The number of carbonyl (C=O) groups is 1. The molecule has 0 aromatic heterocycles. The van der Waals surface area contributed by atoms with Crippen molar-refractivity contribution in [1.82, 2.24) is 4.90 Å². The predicted octanol–water partition coefficient (Wildman–Crippen LogP) is 5.90. The van der Waals surface area contributed by atoms with Crippen molar-refractivity contribution in [1.29, 1.82) is 0 Å². The highest BCUT2D eigenvalue weighted by molar-refractivity contribution is 7.86. The lowest BCUT2D eigenvalue weighted by molar-refractivity contribution is 0.218. The van der Waals surface area contributed by atoms with Crippen LogP contribution in [0.4, 0.5) is 4.79 Å². The van der Waals surface area contributed by atoms with Gasteiger partial charge in [0.2, 0.25) is 7.14 Å². The SMILES string of the molecule is CCCCN(CCCC)C(=O)P(=O)(Cc1ccccc1)c1ccccc1. The molecule has 3 nitrogen and oxygen atoms in total. The van der Waals surface area contributed by atoms with Crippen molar-refractivity contribution in [3.05, 3.63) is 66.2 Å². The van der Waals surface area contributed by atoms with Gasteiger partial charge in [-0.1, -0.05) is 87.4 Å². The molecule has 0 bridgehead atoms. The van der Waals surface area contributed by atoms with Crippen LogP contribution in [-0.4, -0.2) is 23.6 Å². The molecule has 0 aliphatic carbocycles. The summed E-state index contributed by atoms with van der Waals surface area (Å²) < 4.78 is 14.1. The maximum atomic E-state index is 14.1. The van der Waals surface area contributed by atoms with Crippen LogP contribution in [0, 0.1) is 0 Å². The maximum absolute atomic E-state index is 14.1. The zero-order chi connectivity index (χ0) is 18.8. The van der Waals surface area contributed by atoms with E-state index >= 15 is 0 Å². The summed E-state index contributed by atoms with van der Waals surface area (Å²) in [5.74, 6) is 0. The zero-order valence-electron chi connectivity index (χ0n) is 15.9. The number of rotatable bonds is 10. The molecule has 0 radical (unpaired) electrons. The molecule has 2 aromatic carbocycles. The minimum atomic E-state index is -3.23. The summed E-state index contributed by atoms with van der Waals surface area (Å²) in [5, 5.41) is 0.659. The average molecular weight is 371 g/mol. The molecule has 1 amide bonds. The second-order valence-corrected chi connectivity index (χ2v) is 9.39. The van der Waals surface area contributed by atoms with Crippen LogP contribution in [0.3, 0.4) is 0 Å². The Morgan fingerprint density at radius 2 is 1.35 bits per heavy atom. The third kappa shape index (κ3) is 5.32. The Hall–Kier alpha value is -1.86. The molecule has 1 unspecified atom stereocenters. The van der Waals surface area contributed by atoms with Crippen LogP contribution < -0.4 is 5.30 Å². The van der Waals surface area contributed by atoms with Crippen molar-refractivity contribution in [3.63, 3.8) is 0 Å². The van der Waals surface area contributed by atoms with Gasteiger partial charge >= 0.3 is 0 Å². The molecular weight excluding hydrogens is 341 g/mol. The fourth-order valence-electron chi connectivity index (χ4n) is 3.01. The molecule has 0 saturated heterocycles. The van der Waals surface area contributed by atoms with Crippen molar-refractivity contribution in [3.8, 4) is 0 Å². The standard InChI is InChI=1S/C22H30NO2P/c1-3-5-17-23(18-6-4-2)22(24)26(25,21-15-11-8-12-16-21)19-20-13-9-7-10-14-20/h7-16H,3-6,17-19H2,1-2H3. The Morgan fingerprint density at radius 3 is 1.85 bits per heavy atom. The van der Waals surface area contributed by atoms with Crippen molar-refractivity contribution < 1.29 is 9.36 Å². The van der Waals surface area contributed by atoms with Gasteiger partial charge in [-0.25, -0.2) is 0 Å². The first-order valence-electron chi connectivity index (χ1n) is 9.60. The van der Waals surface area contributed by atoms with E-state index in [9.17, 15) is 9.36 Å². The van der Waals surface area contributed by atoms with E-state index in [0.717, 1.165) is 31.2 Å². The molecule has 0 N–H and O–H groups in total. The summed E-state index contributed by atoms with van der Waals surface area (Å²) >= 11 is 0. The first kappa shape index (κ1) is 20.5. The van der Waals surface area contributed by atoms with Gasteiger partial charge in [-0.15, -0.1) is 0 Å². The van der Waals surface area contributed by atoms with Gasteiger partial charge < -0.3 is 9.46 Å². The third-order valence-corrected chi connectivity index (χ3v) is 7.41. The normalized spacial score (nSPS) is 13.2. The van der Waals surface area contributed by atoms with E-state index in [1.807, 2.05) is 65.6 Å². The Bertz CT molecular complexity index is 707. The lowest BCUT2D eigenvalue weighted by Gasteiger charge is -2.28. The van der Waals surface area contributed by atoms with Gasteiger partial charge in [0.25, 0.3) is 5.65 Å². The monoisotopic (exact) mass is 371 g/mol. The summed E-state index contributed by atoms with van der Waals surface area (Å²) in [4.78, 5) is 15.3. The van der Waals surface area contributed by atoms with Crippen LogP contribution in [0.15, 0.2) is 60.7 Å². The molecule has 4 heteroatoms. The largest absolute Gasteiger partial charge is 0.336 e. The minimum Gasteiger partial charge on any atom is -0.336 e. The zero-order valence-corrected chi connectivity index (χ0v) is 16.8.